The van der Waals surface area contributed by atoms with E-state index in [1.807, 2.05) is 6.07 Å². The molecule has 0 amide bonds. The SMILES string of the molecule is CN(C)C[C@H]1C[C@@H](O)CN1c1cc(NCC2=CCCC2)ncn1. The van der Waals surface area contributed by atoms with Crippen molar-refractivity contribution in [1.82, 2.24) is 14.9 Å². The zero-order valence-corrected chi connectivity index (χ0v) is 14.1. The topological polar surface area (TPSA) is 64.5 Å². The quantitative estimate of drug-likeness (QED) is 0.775. The molecule has 1 aromatic rings. The molecule has 1 aliphatic carbocycles. The third kappa shape index (κ3) is 4.20. The third-order valence-corrected chi connectivity index (χ3v) is 4.55. The lowest BCUT2D eigenvalue weighted by molar-refractivity contribution is 0.191. The molecule has 1 saturated heterocycles. The molecule has 2 aliphatic rings. The average Bonchev–Trinajstić information content (AvgIpc) is 3.14. The Labute approximate surface area is 138 Å². The molecule has 0 unspecified atom stereocenters. The van der Waals surface area contributed by atoms with Gasteiger partial charge in [0, 0.05) is 31.7 Å². The molecule has 0 bridgehead atoms. The number of anilines is 2. The highest BCUT2D eigenvalue weighted by atomic mass is 16.3. The number of aliphatic hydroxyl groups excluding tert-OH is 1. The standard InChI is InChI=1S/C17H27N5O/c1-21(2)10-14-7-15(23)11-22(14)17-8-16(19-12-20-17)18-9-13-5-3-4-6-13/h5,8,12,14-15,23H,3-4,6-7,9-11H2,1-2H3,(H,18,19,20)/t14-,15-/m1/s1. The van der Waals surface area contributed by atoms with Crippen molar-refractivity contribution in [2.24, 2.45) is 0 Å². The number of nitrogens with one attached hydrogen (secondary N) is 1. The van der Waals surface area contributed by atoms with Crippen LogP contribution < -0.4 is 10.2 Å². The van der Waals surface area contributed by atoms with Crippen molar-refractivity contribution in [3.05, 3.63) is 24.0 Å². The lowest BCUT2D eigenvalue weighted by Crippen LogP contribution is -2.38. The number of hydrogen-bond donors (Lipinski definition) is 2. The summed E-state index contributed by atoms with van der Waals surface area (Å²) in [5, 5.41) is 13.4. The number of allylic oxidation sites excluding steroid dienone is 1. The molecule has 23 heavy (non-hydrogen) atoms. The largest absolute Gasteiger partial charge is 0.391 e. The maximum Gasteiger partial charge on any atom is 0.134 e. The minimum absolute atomic E-state index is 0.282. The van der Waals surface area contributed by atoms with Crippen LogP contribution in [0.5, 0.6) is 0 Å². The zero-order chi connectivity index (χ0) is 16.2. The van der Waals surface area contributed by atoms with Gasteiger partial charge in [0.2, 0.25) is 0 Å². The van der Waals surface area contributed by atoms with Gasteiger partial charge in [-0.1, -0.05) is 11.6 Å². The average molecular weight is 317 g/mol. The van der Waals surface area contributed by atoms with Crippen molar-refractivity contribution in [3.8, 4) is 0 Å². The highest BCUT2D eigenvalue weighted by molar-refractivity contribution is 5.50. The first-order valence-corrected chi connectivity index (χ1v) is 8.45. The fourth-order valence-corrected chi connectivity index (χ4v) is 3.47. The Bertz CT molecular complexity index is 560. The van der Waals surface area contributed by atoms with E-state index in [9.17, 15) is 5.11 Å². The number of nitrogens with zero attached hydrogens (tertiary/aromatic N) is 4. The van der Waals surface area contributed by atoms with Gasteiger partial charge < -0.3 is 20.2 Å². The van der Waals surface area contributed by atoms with Gasteiger partial charge in [-0.05, 0) is 39.8 Å². The van der Waals surface area contributed by atoms with Crippen molar-refractivity contribution in [1.29, 1.82) is 0 Å². The van der Waals surface area contributed by atoms with E-state index in [0.717, 1.165) is 31.1 Å². The van der Waals surface area contributed by atoms with Gasteiger partial charge >= 0.3 is 0 Å². The molecule has 126 valence electrons. The molecule has 6 heteroatoms. The molecule has 0 aromatic carbocycles. The van der Waals surface area contributed by atoms with Gasteiger partial charge in [0.25, 0.3) is 0 Å². The van der Waals surface area contributed by atoms with Gasteiger partial charge in [-0.2, -0.15) is 0 Å². The third-order valence-electron chi connectivity index (χ3n) is 4.55. The Morgan fingerprint density at radius 3 is 3.00 bits per heavy atom. The highest BCUT2D eigenvalue weighted by Crippen LogP contribution is 2.26. The Kier molecular flexibility index (Phi) is 5.13. The summed E-state index contributed by atoms with van der Waals surface area (Å²) in [4.78, 5) is 13.1. The molecular weight excluding hydrogens is 290 g/mol. The van der Waals surface area contributed by atoms with E-state index in [2.05, 4.69) is 45.3 Å². The van der Waals surface area contributed by atoms with Crippen LogP contribution in [-0.4, -0.2) is 65.8 Å². The van der Waals surface area contributed by atoms with E-state index in [0.29, 0.717) is 12.6 Å². The predicted octanol–water partition coefficient (Wildman–Crippen LogP) is 1.50. The van der Waals surface area contributed by atoms with Crippen LogP contribution >= 0.6 is 0 Å². The van der Waals surface area contributed by atoms with E-state index < -0.39 is 0 Å². The summed E-state index contributed by atoms with van der Waals surface area (Å²) in [6.07, 6.45) is 8.09. The molecule has 2 heterocycles. The molecule has 2 N–H and O–H groups in total. The minimum Gasteiger partial charge on any atom is -0.391 e. The van der Waals surface area contributed by atoms with E-state index >= 15 is 0 Å². The summed E-state index contributed by atoms with van der Waals surface area (Å²) in [5.41, 5.74) is 1.47. The van der Waals surface area contributed by atoms with Gasteiger partial charge in [0.15, 0.2) is 0 Å². The number of aromatic nitrogens is 2. The minimum atomic E-state index is -0.282. The number of likely N-dealkylation sites (N-methyl/N-ethyl adjacent to an activating group) is 1. The highest BCUT2D eigenvalue weighted by Gasteiger charge is 2.32. The second-order valence-electron chi connectivity index (χ2n) is 6.83. The van der Waals surface area contributed by atoms with Crippen LogP contribution in [0.3, 0.4) is 0 Å². The van der Waals surface area contributed by atoms with Crippen molar-refractivity contribution in [2.45, 2.75) is 37.8 Å². The van der Waals surface area contributed by atoms with Crippen LogP contribution in [0.1, 0.15) is 25.7 Å². The summed E-state index contributed by atoms with van der Waals surface area (Å²) in [6.45, 7) is 2.41. The summed E-state index contributed by atoms with van der Waals surface area (Å²) in [7, 11) is 4.12. The second kappa shape index (κ2) is 7.27. The van der Waals surface area contributed by atoms with Crippen LogP contribution in [-0.2, 0) is 0 Å². The van der Waals surface area contributed by atoms with Gasteiger partial charge in [0.05, 0.1) is 6.10 Å². The maximum absolute atomic E-state index is 10.0. The van der Waals surface area contributed by atoms with Crippen LogP contribution in [0, 0.1) is 0 Å². The number of aliphatic hydroxyl groups is 1. The Morgan fingerprint density at radius 2 is 2.26 bits per heavy atom. The van der Waals surface area contributed by atoms with Crippen molar-refractivity contribution >= 4 is 11.6 Å². The molecule has 1 aliphatic heterocycles. The number of β-amino-alcohol motifs (C(OH)–C–C–N with tert-alkyl or cyclic N) is 1. The van der Waals surface area contributed by atoms with Gasteiger partial charge in [-0.25, -0.2) is 9.97 Å². The molecule has 6 nitrogen and oxygen atoms in total. The Morgan fingerprint density at radius 1 is 1.39 bits per heavy atom. The van der Waals surface area contributed by atoms with Gasteiger partial charge in [-0.15, -0.1) is 0 Å². The van der Waals surface area contributed by atoms with E-state index in [1.54, 1.807) is 6.33 Å². The van der Waals surface area contributed by atoms with E-state index in [-0.39, 0.29) is 6.10 Å². The normalized spacial score (nSPS) is 24.3. The first kappa shape index (κ1) is 16.2. The lowest BCUT2D eigenvalue weighted by Gasteiger charge is -2.27. The zero-order valence-electron chi connectivity index (χ0n) is 14.1. The van der Waals surface area contributed by atoms with Crippen LogP contribution in [0.15, 0.2) is 24.0 Å². The van der Waals surface area contributed by atoms with Crippen molar-refractivity contribution in [3.63, 3.8) is 0 Å². The van der Waals surface area contributed by atoms with Crippen LogP contribution in [0.4, 0.5) is 11.6 Å². The summed E-state index contributed by atoms with van der Waals surface area (Å²) in [5.74, 6) is 1.75. The fraction of sp³-hybridized carbons (Fsp3) is 0.647. The van der Waals surface area contributed by atoms with E-state index in [1.165, 1.54) is 24.8 Å². The van der Waals surface area contributed by atoms with Crippen LogP contribution in [0.25, 0.3) is 0 Å². The molecular formula is C17H27N5O. The van der Waals surface area contributed by atoms with Crippen molar-refractivity contribution in [2.75, 3.05) is 43.9 Å². The number of rotatable bonds is 6. The molecule has 2 atom stereocenters. The van der Waals surface area contributed by atoms with Gasteiger partial charge in [0.1, 0.15) is 18.0 Å². The monoisotopic (exact) mass is 317 g/mol. The van der Waals surface area contributed by atoms with E-state index in [4.69, 9.17) is 0 Å². The fourth-order valence-electron chi connectivity index (χ4n) is 3.47. The van der Waals surface area contributed by atoms with Crippen LogP contribution in [0.2, 0.25) is 0 Å². The first-order chi connectivity index (χ1) is 11.1. The maximum atomic E-state index is 10.0. The molecule has 0 radical (unpaired) electrons. The van der Waals surface area contributed by atoms with Gasteiger partial charge in [-0.3, -0.25) is 0 Å². The Balaban J connectivity index is 1.67. The smallest absolute Gasteiger partial charge is 0.134 e. The predicted molar refractivity (Wildman–Crippen MR) is 92.8 cm³/mol. The molecule has 0 spiro atoms. The molecule has 3 rings (SSSR count). The van der Waals surface area contributed by atoms with Crippen molar-refractivity contribution < 1.29 is 5.11 Å². The molecule has 0 saturated carbocycles. The second-order valence-corrected chi connectivity index (χ2v) is 6.83. The molecule has 1 fully saturated rings. The lowest BCUT2D eigenvalue weighted by atomic mass is 10.2. The summed E-state index contributed by atoms with van der Waals surface area (Å²) < 4.78 is 0. The first-order valence-electron chi connectivity index (χ1n) is 8.45. The Hall–Kier alpha value is -1.66. The number of hydrogen-bond acceptors (Lipinski definition) is 6. The molecule has 1 aromatic heterocycles. The summed E-state index contributed by atoms with van der Waals surface area (Å²) in [6, 6.07) is 2.29. The summed E-state index contributed by atoms with van der Waals surface area (Å²) >= 11 is 0.